The molecule has 0 bridgehead atoms. The standard InChI is InChI=1S/C15H14N2O2/c1-2-6-12(7-3-1)18-11-5-9-14-17-15-13(19-14)8-4-10-16-15/h1-4,6-8,10H,5,9,11H2. The first-order valence-corrected chi connectivity index (χ1v) is 6.30. The van der Waals surface area contributed by atoms with Crippen molar-refractivity contribution in [2.45, 2.75) is 12.8 Å². The molecule has 1 aromatic carbocycles. The number of pyridine rings is 1. The molecular formula is C15H14N2O2. The van der Waals surface area contributed by atoms with Gasteiger partial charge in [-0.25, -0.2) is 4.98 Å². The van der Waals surface area contributed by atoms with E-state index in [-0.39, 0.29) is 0 Å². The van der Waals surface area contributed by atoms with E-state index in [9.17, 15) is 0 Å². The number of ether oxygens (including phenoxy) is 1. The Balaban J connectivity index is 1.52. The van der Waals surface area contributed by atoms with Crippen LogP contribution >= 0.6 is 0 Å². The molecule has 3 rings (SSSR count). The van der Waals surface area contributed by atoms with E-state index in [0.717, 1.165) is 24.2 Å². The minimum Gasteiger partial charge on any atom is -0.494 e. The Kier molecular flexibility index (Phi) is 3.40. The predicted molar refractivity (Wildman–Crippen MR) is 72.1 cm³/mol. The fourth-order valence-electron chi connectivity index (χ4n) is 1.85. The van der Waals surface area contributed by atoms with E-state index in [1.807, 2.05) is 42.5 Å². The summed E-state index contributed by atoms with van der Waals surface area (Å²) in [5.41, 5.74) is 1.41. The zero-order valence-electron chi connectivity index (χ0n) is 10.5. The molecule has 2 aromatic heterocycles. The molecule has 3 aromatic rings. The molecule has 4 nitrogen and oxygen atoms in total. The Morgan fingerprint density at radius 3 is 2.79 bits per heavy atom. The third-order valence-corrected chi connectivity index (χ3v) is 2.76. The third-order valence-electron chi connectivity index (χ3n) is 2.76. The molecule has 19 heavy (non-hydrogen) atoms. The van der Waals surface area contributed by atoms with Gasteiger partial charge in [0.2, 0.25) is 0 Å². The lowest BCUT2D eigenvalue weighted by Crippen LogP contribution is -1.99. The second kappa shape index (κ2) is 5.52. The minimum atomic E-state index is 0.649. The number of oxazole rings is 1. The summed E-state index contributed by atoms with van der Waals surface area (Å²) in [6.45, 7) is 0.649. The first-order chi connectivity index (χ1) is 9.42. The molecule has 0 saturated heterocycles. The lowest BCUT2D eigenvalue weighted by atomic mass is 10.3. The molecule has 2 heterocycles. The average Bonchev–Trinajstić information content (AvgIpc) is 2.87. The highest BCUT2D eigenvalue weighted by Crippen LogP contribution is 2.14. The van der Waals surface area contributed by atoms with Gasteiger partial charge in [-0.15, -0.1) is 0 Å². The SMILES string of the molecule is c1ccc(OCCCc2nc3ncccc3o2)cc1. The third kappa shape index (κ3) is 2.91. The van der Waals surface area contributed by atoms with Crippen LogP contribution in [0.15, 0.2) is 53.1 Å². The minimum absolute atomic E-state index is 0.649. The van der Waals surface area contributed by atoms with Gasteiger partial charge in [-0.3, -0.25) is 0 Å². The van der Waals surface area contributed by atoms with Crippen LogP contribution in [0.2, 0.25) is 0 Å². The van der Waals surface area contributed by atoms with Gasteiger partial charge < -0.3 is 9.15 Å². The predicted octanol–water partition coefficient (Wildman–Crippen LogP) is 3.23. The second-order valence-corrected chi connectivity index (χ2v) is 4.20. The van der Waals surface area contributed by atoms with Crippen LogP contribution in [0.1, 0.15) is 12.3 Å². The van der Waals surface area contributed by atoms with Crippen LogP contribution in [-0.4, -0.2) is 16.6 Å². The smallest absolute Gasteiger partial charge is 0.198 e. The summed E-state index contributed by atoms with van der Waals surface area (Å²) in [5, 5.41) is 0. The number of benzene rings is 1. The van der Waals surface area contributed by atoms with E-state index in [0.29, 0.717) is 18.1 Å². The van der Waals surface area contributed by atoms with Crippen molar-refractivity contribution in [2.75, 3.05) is 6.61 Å². The van der Waals surface area contributed by atoms with Crippen molar-refractivity contribution in [3.63, 3.8) is 0 Å². The Morgan fingerprint density at radius 1 is 1.05 bits per heavy atom. The molecule has 0 spiro atoms. The molecule has 0 aliphatic rings. The monoisotopic (exact) mass is 254 g/mol. The van der Waals surface area contributed by atoms with Crippen molar-refractivity contribution in [1.82, 2.24) is 9.97 Å². The maximum Gasteiger partial charge on any atom is 0.198 e. The molecule has 0 aliphatic heterocycles. The first-order valence-electron chi connectivity index (χ1n) is 6.30. The fraction of sp³-hybridized carbons (Fsp3) is 0.200. The van der Waals surface area contributed by atoms with Crippen LogP contribution in [0, 0.1) is 0 Å². The maximum atomic E-state index is 5.62. The summed E-state index contributed by atoms with van der Waals surface area (Å²) in [7, 11) is 0. The van der Waals surface area contributed by atoms with Gasteiger partial charge in [-0.05, 0) is 30.7 Å². The molecule has 0 atom stereocenters. The first kappa shape index (κ1) is 11.7. The van der Waals surface area contributed by atoms with Gasteiger partial charge >= 0.3 is 0 Å². The molecule has 4 heteroatoms. The Hall–Kier alpha value is -2.36. The average molecular weight is 254 g/mol. The number of fused-ring (bicyclic) bond motifs is 1. The van der Waals surface area contributed by atoms with Crippen molar-refractivity contribution in [3.8, 4) is 5.75 Å². The molecule has 0 radical (unpaired) electrons. The molecule has 0 saturated carbocycles. The van der Waals surface area contributed by atoms with E-state index in [1.54, 1.807) is 6.20 Å². The highest BCUT2D eigenvalue weighted by molar-refractivity contribution is 5.66. The zero-order chi connectivity index (χ0) is 12.9. The van der Waals surface area contributed by atoms with Gasteiger partial charge in [0.15, 0.2) is 17.1 Å². The topological polar surface area (TPSA) is 48.2 Å². The van der Waals surface area contributed by atoms with Gasteiger partial charge in [0, 0.05) is 12.6 Å². The van der Waals surface area contributed by atoms with Crippen LogP contribution in [0.5, 0.6) is 5.75 Å². The zero-order valence-corrected chi connectivity index (χ0v) is 10.5. The highest BCUT2D eigenvalue weighted by atomic mass is 16.5. The summed E-state index contributed by atoms with van der Waals surface area (Å²) in [6, 6.07) is 13.5. The van der Waals surface area contributed by atoms with E-state index in [4.69, 9.17) is 9.15 Å². The molecule has 0 N–H and O–H groups in total. The Morgan fingerprint density at radius 2 is 1.95 bits per heavy atom. The van der Waals surface area contributed by atoms with Crippen LogP contribution in [0.3, 0.4) is 0 Å². The largest absolute Gasteiger partial charge is 0.494 e. The molecule has 0 unspecified atom stereocenters. The number of aryl methyl sites for hydroxylation is 1. The van der Waals surface area contributed by atoms with Crippen molar-refractivity contribution in [3.05, 3.63) is 54.6 Å². The fourth-order valence-corrected chi connectivity index (χ4v) is 1.85. The quantitative estimate of drug-likeness (QED) is 0.656. The van der Waals surface area contributed by atoms with Crippen molar-refractivity contribution in [2.24, 2.45) is 0 Å². The number of hydrogen-bond acceptors (Lipinski definition) is 4. The van der Waals surface area contributed by atoms with E-state index >= 15 is 0 Å². The number of rotatable bonds is 5. The lowest BCUT2D eigenvalue weighted by Gasteiger charge is -2.03. The summed E-state index contributed by atoms with van der Waals surface area (Å²) < 4.78 is 11.2. The van der Waals surface area contributed by atoms with Gasteiger partial charge in [-0.2, -0.15) is 4.98 Å². The van der Waals surface area contributed by atoms with Crippen LogP contribution in [-0.2, 0) is 6.42 Å². The molecular weight excluding hydrogens is 240 g/mol. The number of para-hydroxylation sites is 1. The van der Waals surface area contributed by atoms with Gasteiger partial charge in [-0.1, -0.05) is 18.2 Å². The van der Waals surface area contributed by atoms with Crippen LogP contribution in [0.4, 0.5) is 0 Å². The normalized spacial score (nSPS) is 10.7. The molecule has 0 fully saturated rings. The summed E-state index contributed by atoms with van der Waals surface area (Å²) >= 11 is 0. The van der Waals surface area contributed by atoms with Gasteiger partial charge in [0.05, 0.1) is 6.61 Å². The van der Waals surface area contributed by atoms with Crippen molar-refractivity contribution < 1.29 is 9.15 Å². The Bertz CT molecular complexity index is 616. The van der Waals surface area contributed by atoms with Gasteiger partial charge in [0.25, 0.3) is 0 Å². The molecule has 96 valence electrons. The van der Waals surface area contributed by atoms with E-state index in [2.05, 4.69) is 9.97 Å². The molecule has 0 aliphatic carbocycles. The summed E-state index contributed by atoms with van der Waals surface area (Å²) in [6.07, 6.45) is 3.33. The van der Waals surface area contributed by atoms with E-state index in [1.165, 1.54) is 0 Å². The summed E-state index contributed by atoms with van der Waals surface area (Å²) in [4.78, 5) is 8.47. The van der Waals surface area contributed by atoms with E-state index < -0.39 is 0 Å². The summed E-state index contributed by atoms with van der Waals surface area (Å²) in [5.74, 6) is 1.60. The van der Waals surface area contributed by atoms with Crippen LogP contribution in [0.25, 0.3) is 11.2 Å². The van der Waals surface area contributed by atoms with Crippen molar-refractivity contribution in [1.29, 1.82) is 0 Å². The number of nitrogens with zero attached hydrogens (tertiary/aromatic N) is 2. The maximum absolute atomic E-state index is 5.62. The lowest BCUT2D eigenvalue weighted by molar-refractivity contribution is 0.306. The highest BCUT2D eigenvalue weighted by Gasteiger charge is 2.05. The molecule has 0 amide bonds. The van der Waals surface area contributed by atoms with Crippen molar-refractivity contribution >= 4 is 11.2 Å². The number of hydrogen-bond donors (Lipinski definition) is 0. The Labute approximate surface area is 111 Å². The number of aromatic nitrogens is 2. The van der Waals surface area contributed by atoms with Gasteiger partial charge in [0.1, 0.15) is 5.75 Å². The van der Waals surface area contributed by atoms with Crippen LogP contribution < -0.4 is 4.74 Å². The second-order valence-electron chi connectivity index (χ2n) is 4.20.